The molecule has 0 saturated carbocycles. The predicted octanol–water partition coefficient (Wildman–Crippen LogP) is 34.0. The number of pyridine rings is 4. The van der Waals surface area contributed by atoms with Crippen LogP contribution in [-0.2, 0) is 34.6 Å². The number of nitrogens with zero attached hydrogens (tertiary/aromatic N) is 8. The van der Waals surface area contributed by atoms with Crippen LogP contribution >= 0.6 is 0 Å². The van der Waals surface area contributed by atoms with E-state index in [1.54, 1.807) is 115 Å². The summed E-state index contributed by atoms with van der Waals surface area (Å²) in [5, 5.41) is 6.67. The fourth-order valence-electron chi connectivity index (χ4n) is 18.7. The lowest BCUT2D eigenvalue weighted by Crippen LogP contribution is -2.36. The number of hydrogen-bond acceptors (Lipinski definition) is 4. The Morgan fingerprint density at radius 3 is 0.820 bits per heavy atom. The van der Waals surface area contributed by atoms with Crippen molar-refractivity contribution in [2.45, 2.75) is 177 Å². The fraction of sp³-hybridized carbons (Fsp3) is 0.244. The van der Waals surface area contributed by atoms with Gasteiger partial charge in [0, 0.05) is 162 Å². The minimum absolute atomic E-state index is 0.00381. The maximum absolute atomic E-state index is 9.32. The van der Waals surface area contributed by atoms with E-state index in [4.69, 9.17) is 68.6 Å². The minimum Gasteiger partial charge on any atom is -0.456 e. The molecule has 0 amide bonds. The highest BCUT2D eigenvalue weighted by molar-refractivity contribution is 6.19. The zero-order valence-electron chi connectivity index (χ0n) is 104. The summed E-state index contributed by atoms with van der Waals surface area (Å²) in [6, 6.07) is 62.2. The van der Waals surface area contributed by atoms with E-state index in [0.717, 1.165) is 128 Å². The van der Waals surface area contributed by atoms with Gasteiger partial charge < -0.3 is 17.7 Å². The molecule has 0 aliphatic rings. The Kier molecular flexibility index (Phi) is 19.4. The van der Waals surface area contributed by atoms with Gasteiger partial charge in [-0.25, -0.2) is 19.4 Å². The molecule has 12 heteroatoms. The molecule has 0 spiro atoms. The van der Waals surface area contributed by atoms with Crippen molar-refractivity contribution in [1.82, 2.24) is 0 Å². The predicted molar refractivity (Wildman–Crippen MR) is 575 cm³/mol. The van der Waals surface area contributed by atoms with Crippen LogP contribution in [-0.4, -0.2) is 0 Å². The zero-order chi connectivity index (χ0) is 117. The third kappa shape index (κ3) is 17.2. The van der Waals surface area contributed by atoms with E-state index in [0.29, 0.717) is 141 Å². The van der Waals surface area contributed by atoms with Crippen LogP contribution in [0.2, 0.25) is 0 Å². The molecule has 20 rings (SSSR count). The number of aryl methyl sites for hydroxylation is 8. The van der Waals surface area contributed by atoms with Gasteiger partial charge in [-0.3, -0.25) is 0 Å². The largest absolute Gasteiger partial charge is 0.456 e. The van der Waals surface area contributed by atoms with Gasteiger partial charge in [-0.15, -0.1) is 0 Å². The summed E-state index contributed by atoms with van der Waals surface area (Å²) >= 11 is 0. The maximum Gasteiger partial charge on any atom is 0.216 e. The molecule has 690 valence electrons. The first kappa shape index (κ1) is 71.9. The van der Waals surface area contributed by atoms with Crippen molar-refractivity contribution in [2.24, 2.45) is 33.6 Å². The molecule has 8 aromatic heterocycles. The topological polar surface area (TPSA) is 85.5 Å². The zero-order valence-corrected chi connectivity index (χ0v) is 82.7. The van der Waals surface area contributed by atoms with Gasteiger partial charge in [0.15, 0.2) is 45.5 Å². The van der Waals surface area contributed by atoms with Crippen molar-refractivity contribution in [1.29, 1.82) is 0 Å². The van der Waals surface area contributed by atoms with E-state index in [-0.39, 0.29) is 75.0 Å². The Hall–Kier alpha value is -15.6. The summed E-state index contributed by atoms with van der Waals surface area (Å²) in [6.45, 7) is 54.8. The van der Waals surface area contributed by atoms with Crippen molar-refractivity contribution in [3.05, 3.63) is 376 Å². The van der Waals surface area contributed by atoms with Crippen LogP contribution in [0.3, 0.4) is 0 Å². The highest BCUT2D eigenvalue weighted by Gasteiger charge is 2.33. The van der Waals surface area contributed by atoms with Crippen molar-refractivity contribution >= 4 is 111 Å². The molecule has 8 heterocycles. The first-order chi connectivity index (χ1) is 74.7. The van der Waals surface area contributed by atoms with Gasteiger partial charge in [0.25, 0.3) is 0 Å². The third-order valence-electron chi connectivity index (χ3n) is 26.8. The van der Waals surface area contributed by atoms with Gasteiger partial charge in [0.1, 0.15) is 72.9 Å². The Morgan fingerprint density at radius 1 is 0.309 bits per heavy atom. The van der Waals surface area contributed by atoms with Crippen LogP contribution in [0.25, 0.3) is 197 Å². The van der Waals surface area contributed by atoms with Gasteiger partial charge in [0.2, 0.25) is 22.8 Å². The number of hydrogen-bond donors (Lipinski definition) is 0. The Bertz CT molecular complexity index is 9670. The van der Waals surface area contributed by atoms with Crippen molar-refractivity contribution in [3.8, 4) is 89.5 Å². The quantitative estimate of drug-likeness (QED) is 0.0954. The lowest BCUT2D eigenvalue weighted by molar-refractivity contribution is -0.667. The number of fused-ring (bicyclic) bond motifs is 12. The lowest BCUT2D eigenvalue weighted by atomic mass is 9.87. The lowest BCUT2D eigenvalue weighted by Gasteiger charge is -2.18. The second-order valence-electron chi connectivity index (χ2n) is 37.7. The monoisotopic (exact) mass is 1840 g/mol. The smallest absolute Gasteiger partial charge is 0.216 e. The van der Waals surface area contributed by atoms with Gasteiger partial charge >= 0.3 is 0 Å². The van der Waals surface area contributed by atoms with Crippen molar-refractivity contribution in [3.63, 3.8) is 0 Å². The fourth-order valence-corrected chi connectivity index (χ4v) is 18.7. The van der Waals surface area contributed by atoms with E-state index in [9.17, 15) is 4.11 Å². The highest BCUT2D eigenvalue weighted by atomic mass is 16.3. The number of rotatable bonds is 11. The summed E-state index contributed by atoms with van der Waals surface area (Å²) in [7, 11) is 7.00. The molecule has 20 aromatic rings. The number of furan rings is 4. The van der Waals surface area contributed by atoms with Crippen LogP contribution in [0.1, 0.15) is 195 Å². The standard InChI is InChI=1S/C33H33N2O.2C32H31N2O.C30H27N2O/c1-20-9-12-24(13-10-20)30-27(34-7)16-15-26-25-14-11-21(2)29(31(25)36-32(26)30)28-18-23(19-33(4,5)6)17-22(3)35(28)8;2*1-18(2)26-17-28(34(8)22(6)21(26)5)29-20(4)11-14-24-25-15-16-27(33-7)30(32(25)35-31(24)29)23-12-9-19(3)10-13-23;1-17-8-11-22(12-9-17)28-25(31-6)15-14-24-23-13-10-18(2)27(29(23)33-30(24)28)26-16-19(3)20(4)21(5)32(26)7/h9-18H,19H2,1-6,8H3;2*9-18H,1-6,8H3;8-16H,1-5,7H3/q4*+1/i17D,18D,19D2;1D3,5D3,17D,18D;5D3,17D,18D;4D3,16D. The third-order valence-corrected chi connectivity index (χ3v) is 26.8. The molecular weight excluding hydrogens is 1700 g/mol. The summed E-state index contributed by atoms with van der Waals surface area (Å²) in [5.74, 6) is -3.71. The first-order valence-corrected chi connectivity index (χ1v) is 46.1. The molecule has 0 N–H and O–H groups in total. The molecule has 139 heavy (non-hydrogen) atoms. The molecule has 0 bridgehead atoms. The maximum atomic E-state index is 9.32. The SMILES string of the molecule is [2H]c1c(C([2H])(C)C([2H])([2H])[2H])c(C([2H])([2H])[2H])c(C)[n+](C)c1-c1c(C)ccc2c1oc1c(-c3ccc(C)cc3)c([N+]#[C-])ccc12.[2H]c1c(C([2H])(C)C)c(C([2H])([2H])[2H])c(C)[n+](C)c1-c1c(C)ccc2c1oc1c(-c3ccc(C)cc3)c([N+]#[C-])ccc12.[2H]c1c(C([2H])([2H])C(C)(C)C)c([2H])c(-c2c(C)ccc3c2oc2c(-c4ccc(C)cc4)c([N+]#[C-])ccc23)[n+](C)c1C.[2H]c1c(C)c(C([2H])([2H])[2H])c(C)[n+](C)c1-c1c(C)ccc2c1oc1c(-c3ccc(C)cc3)c([N+]#[C-])ccc12. The van der Waals surface area contributed by atoms with Gasteiger partial charge in [-0.05, 0) is 173 Å². The second kappa shape index (κ2) is 37.5. The molecular formula is C127H122N8O4+4. The molecule has 0 fully saturated rings. The number of benzene rings is 12. The van der Waals surface area contributed by atoms with Crippen LogP contribution < -0.4 is 18.3 Å². The number of aromatic nitrogens is 4. The molecule has 0 radical (unpaired) electrons. The van der Waals surface area contributed by atoms with Crippen LogP contribution in [0.15, 0.2) is 242 Å². The van der Waals surface area contributed by atoms with E-state index in [1.807, 2.05) is 250 Å². The molecule has 0 saturated heterocycles. The highest BCUT2D eigenvalue weighted by Crippen LogP contribution is 2.51. The summed E-state index contributed by atoms with van der Waals surface area (Å²) in [4.78, 5) is 15.1. The Morgan fingerprint density at radius 2 is 0.561 bits per heavy atom. The molecule has 12 aromatic carbocycles. The van der Waals surface area contributed by atoms with Gasteiger partial charge in [-0.2, -0.15) is 18.3 Å². The Balaban J connectivity index is 0.000000144. The Labute approximate surface area is 847 Å². The summed E-state index contributed by atoms with van der Waals surface area (Å²) in [5.41, 5.74) is 26.3. The van der Waals surface area contributed by atoms with Crippen LogP contribution in [0.5, 0.6) is 0 Å². The van der Waals surface area contributed by atoms with Crippen molar-refractivity contribution in [2.75, 3.05) is 0 Å². The molecule has 1 atom stereocenters. The van der Waals surface area contributed by atoms with Crippen molar-refractivity contribution < 1.29 is 64.7 Å². The summed E-state index contributed by atoms with van der Waals surface area (Å²) < 4.78 is 213. The summed E-state index contributed by atoms with van der Waals surface area (Å²) in [6.07, 6.45) is -1.92. The average molecular weight is 1850 g/mol. The van der Waals surface area contributed by atoms with Crippen LogP contribution in [0, 0.1) is 142 Å². The molecule has 1 unspecified atom stereocenters. The van der Waals surface area contributed by atoms with E-state index >= 15 is 0 Å². The van der Waals surface area contributed by atoms with Gasteiger partial charge in [0.05, 0.1) is 55.4 Å². The van der Waals surface area contributed by atoms with E-state index in [2.05, 4.69) is 19.4 Å². The van der Waals surface area contributed by atoms with Gasteiger partial charge in [-0.1, -0.05) is 265 Å². The van der Waals surface area contributed by atoms with Crippen LogP contribution in [0.4, 0.5) is 22.7 Å². The minimum atomic E-state index is -2.91. The molecule has 0 aliphatic heterocycles. The molecule has 12 nitrogen and oxygen atoms in total. The normalized spacial score (nSPS) is 14.7. The average Bonchev–Trinajstić information content (AvgIpc) is 1.04. The van der Waals surface area contributed by atoms with E-state index < -0.39 is 51.0 Å². The first-order valence-electron chi connectivity index (χ1n) is 56.6. The van der Waals surface area contributed by atoms with E-state index in [1.165, 1.54) is 0 Å². The molecule has 0 aliphatic carbocycles. The second-order valence-corrected chi connectivity index (χ2v) is 37.7.